The van der Waals surface area contributed by atoms with Crippen molar-refractivity contribution >= 4 is 18.3 Å². The van der Waals surface area contributed by atoms with Crippen molar-refractivity contribution < 1.29 is 9.53 Å². The van der Waals surface area contributed by atoms with Crippen LogP contribution in [0.15, 0.2) is 0 Å². The van der Waals surface area contributed by atoms with Gasteiger partial charge < -0.3 is 15.8 Å². The second kappa shape index (κ2) is 12.1. The lowest BCUT2D eigenvalue weighted by molar-refractivity contribution is -0.121. The van der Waals surface area contributed by atoms with Crippen molar-refractivity contribution in [3.05, 3.63) is 0 Å². The van der Waals surface area contributed by atoms with Crippen LogP contribution in [0.1, 0.15) is 40.0 Å². The molecule has 1 atom stereocenters. The largest absolute Gasteiger partial charge is 0.378 e. The maximum absolute atomic E-state index is 11.3. The fraction of sp³-hybridized carbons (Fsp3) is 0.917. The highest BCUT2D eigenvalue weighted by Gasteiger charge is 2.13. The summed E-state index contributed by atoms with van der Waals surface area (Å²) in [5.74, 6) is 0.574. The number of hydrogen-bond donors (Lipinski definition) is 2. The van der Waals surface area contributed by atoms with E-state index in [2.05, 4.69) is 19.2 Å². The number of amides is 1. The summed E-state index contributed by atoms with van der Waals surface area (Å²) in [5.41, 5.74) is 5.33. The van der Waals surface area contributed by atoms with Gasteiger partial charge in [-0.1, -0.05) is 13.8 Å². The number of carbonyl (C=O) groups is 1. The maximum Gasteiger partial charge on any atom is 0.220 e. The molecule has 0 radical (unpaired) electrons. The van der Waals surface area contributed by atoms with Gasteiger partial charge in [-0.2, -0.15) is 0 Å². The molecule has 1 amide bonds. The van der Waals surface area contributed by atoms with Gasteiger partial charge in [-0.3, -0.25) is 4.79 Å². The summed E-state index contributed by atoms with van der Waals surface area (Å²) in [6.45, 7) is 8.25. The van der Waals surface area contributed by atoms with Crippen LogP contribution in [0.4, 0.5) is 0 Å². The van der Waals surface area contributed by atoms with Gasteiger partial charge in [0.05, 0.1) is 6.10 Å². The van der Waals surface area contributed by atoms with Gasteiger partial charge in [0.1, 0.15) is 0 Å². The quantitative estimate of drug-likeness (QED) is 0.668. The first kappa shape index (κ1) is 19.0. The summed E-state index contributed by atoms with van der Waals surface area (Å²) < 4.78 is 5.60. The topological polar surface area (TPSA) is 64.3 Å². The Bertz CT molecular complexity index is 189. The number of nitrogens with one attached hydrogen (secondary N) is 1. The first-order valence-corrected chi connectivity index (χ1v) is 6.20. The molecule has 3 N–H and O–H groups in total. The van der Waals surface area contributed by atoms with E-state index in [0.29, 0.717) is 25.4 Å². The molecule has 0 aromatic rings. The van der Waals surface area contributed by atoms with E-state index in [0.717, 1.165) is 19.4 Å². The fourth-order valence-corrected chi connectivity index (χ4v) is 1.53. The molecule has 0 aromatic carbocycles. The summed E-state index contributed by atoms with van der Waals surface area (Å²) >= 11 is 0. The lowest BCUT2D eigenvalue weighted by Gasteiger charge is -2.20. The van der Waals surface area contributed by atoms with Crippen LogP contribution in [0.3, 0.4) is 0 Å². The van der Waals surface area contributed by atoms with Crippen molar-refractivity contribution in [2.75, 3.05) is 19.7 Å². The van der Waals surface area contributed by atoms with Gasteiger partial charge in [-0.15, -0.1) is 12.4 Å². The summed E-state index contributed by atoms with van der Waals surface area (Å²) in [7, 11) is 0. The fourth-order valence-electron chi connectivity index (χ4n) is 1.53. The summed E-state index contributed by atoms with van der Waals surface area (Å²) in [5, 5.41) is 2.89. The maximum atomic E-state index is 11.3. The van der Waals surface area contributed by atoms with E-state index in [4.69, 9.17) is 10.5 Å². The highest BCUT2D eigenvalue weighted by molar-refractivity contribution is 5.85. The molecular formula is C12H27ClN2O2. The van der Waals surface area contributed by atoms with E-state index in [1.165, 1.54) is 0 Å². The number of carbonyl (C=O) groups excluding carboxylic acids is 1. The zero-order chi connectivity index (χ0) is 12.4. The Labute approximate surface area is 111 Å². The van der Waals surface area contributed by atoms with Crippen LogP contribution in [0, 0.1) is 5.92 Å². The van der Waals surface area contributed by atoms with E-state index >= 15 is 0 Å². The molecule has 0 rings (SSSR count). The molecule has 0 aliphatic rings. The summed E-state index contributed by atoms with van der Waals surface area (Å²) in [4.78, 5) is 11.3. The van der Waals surface area contributed by atoms with Gasteiger partial charge in [-0.25, -0.2) is 0 Å². The first-order chi connectivity index (χ1) is 7.61. The second-order valence-electron chi connectivity index (χ2n) is 4.27. The lowest BCUT2D eigenvalue weighted by Crippen LogP contribution is -2.30. The highest BCUT2D eigenvalue weighted by atomic mass is 35.5. The monoisotopic (exact) mass is 266 g/mol. The van der Waals surface area contributed by atoms with Crippen LogP contribution in [-0.4, -0.2) is 31.7 Å². The third kappa shape index (κ3) is 10.5. The van der Waals surface area contributed by atoms with Gasteiger partial charge in [0.25, 0.3) is 0 Å². The van der Waals surface area contributed by atoms with Gasteiger partial charge in [0.2, 0.25) is 5.91 Å². The van der Waals surface area contributed by atoms with E-state index in [1.54, 1.807) is 0 Å². The van der Waals surface area contributed by atoms with Crippen molar-refractivity contribution in [1.29, 1.82) is 0 Å². The Kier molecular flexibility index (Phi) is 13.6. The Morgan fingerprint density at radius 1 is 1.41 bits per heavy atom. The number of ether oxygens (including phenoxy) is 1. The molecule has 0 spiro atoms. The molecule has 0 aliphatic heterocycles. The van der Waals surface area contributed by atoms with Gasteiger partial charge >= 0.3 is 0 Å². The van der Waals surface area contributed by atoms with Gasteiger partial charge in [0.15, 0.2) is 0 Å². The minimum Gasteiger partial charge on any atom is -0.378 e. The molecule has 0 fully saturated rings. The molecule has 0 aromatic heterocycles. The number of rotatable bonds is 9. The molecule has 1 unspecified atom stereocenters. The van der Waals surface area contributed by atoms with Gasteiger partial charge in [0, 0.05) is 19.6 Å². The van der Waals surface area contributed by atoms with Crippen LogP contribution in [-0.2, 0) is 9.53 Å². The van der Waals surface area contributed by atoms with E-state index in [9.17, 15) is 4.79 Å². The molecule has 0 aliphatic carbocycles. The van der Waals surface area contributed by atoms with Crippen molar-refractivity contribution in [2.24, 2.45) is 11.7 Å². The van der Waals surface area contributed by atoms with Crippen molar-refractivity contribution in [3.63, 3.8) is 0 Å². The standard InChI is InChI=1S/C12H26N2O2.ClH/c1-4-16-11(10(2)3)7-9-14-12(15)6-5-8-13;/h10-11H,4-9,13H2,1-3H3,(H,14,15);1H. The van der Waals surface area contributed by atoms with Crippen molar-refractivity contribution in [2.45, 2.75) is 46.1 Å². The van der Waals surface area contributed by atoms with Crippen LogP contribution in [0.25, 0.3) is 0 Å². The normalized spacial score (nSPS) is 12.1. The molecular weight excluding hydrogens is 240 g/mol. The SMILES string of the molecule is CCOC(CCNC(=O)CCCN)C(C)C.Cl. The van der Waals surface area contributed by atoms with Crippen LogP contribution < -0.4 is 11.1 Å². The minimum atomic E-state index is 0. The molecule has 0 bridgehead atoms. The van der Waals surface area contributed by atoms with E-state index < -0.39 is 0 Å². The molecule has 104 valence electrons. The molecule has 5 heteroatoms. The highest BCUT2D eigenvalue weighted by Crippen LogP contribution is 2.09. The third-order valence-electron chi connectivity index (χ3n) is 2.48. The second-order valence-corrected chi connectivity index (χ2v) is 4.27. The minimum absolute atomic E-state index is 0. The summed E-state index contributed by atoms with van der Waals surface area (Å²) in [6.07, 6.45) is 2.39. The van der Waals surface area contributed by atoms with Gasteiger partial charge in [-0.05, 0) is 32.2 Å². The molecule has 4 nitrogen and oxygen atoms in total. The third-order valence-corrected chi connectivity index (χ3v) is 2.48. The Morgan fingerprint density at radius 2 is 2.06 bits per heavy atom. The number of hydrogen-bond acceptors (Lipinski definition) is 3. The zero-order valence-corrected chi connectivity index (χ0v) is 12.0. The predicted molar refractivity (Wildman–Crippen MR) is 73.4 cm³/mol. The molecule has 0 saturated carbocycles. The lowest BCUT2D eigenvalue weighted by atomic mass is 10.0. The molecule has 17 heavy (non-hydrogen) atoms. The number of nitrogens with two attached hydrogens (primary N) is 1. The van der Waals surface area contributed by atoms with Crippen LogP contribution >= 0.6 is 12.4 Å². The average Bonchev–Trinajstić information content (AvgIpc) is 2.25. The van der Waals surface area contributed by atoms with Crippen LogP contribution in [0.5, 0.6) is 0 Å². The van der Waals surface area contributed by atoms with E-state index in [-0.39, 0.29) is 24.4 Å². The van der Waals surface area contributed by atoms with E-state index in [1.807, 2.05) is 6.92 Å². The van der Waals surface area contributed by atoms with Crippen molar-refractivity contribution in [1.82, 2.24) is 5.32 Å². The summed E-state index contributed by atoms with van der Waals surface area (Å²) in [6, 6.07) is 0. The van der Waals surface area contributed by atoms with Crippen LogP contribution in [0.2, 0.25) is 0 Å². The zero-order valence-electron chi connectivity index (χ0n) is 11.2. The van der Waals surface area contributed by atoms with Crippen molar-refractivity contribution in [3.8, 4) is 0 Å². The Morgan fingerprint density at radius 3 is 2.53 bits per heavy atom. The Hall–Kier alpha value is -0.320. The Balaban J connectivity index is 0. The molecule has 0 heterocycles. The first-order valence-electron chi connectivity index (χ1n) is 6.20. The number of halogens is 1. The predicted octanol–water partition coefficient (Wildman–Crippen LogP) is 1.71. The smallest absolute Gasteiger partial charge is 0.220 e. The average molecular weight is 267 g/mol. The molecule has 0 saturated heterocycles.